The monoisotopic (exact) mass is 688 g/mol. The van der Waals surface area contributed by atoms with Crippen LogP contribution in [-0.4, -0.2) is 80.5 Å². The summed E-state index contributed by atoms with van der Waals surface area (Å²) in [6, 6.07) is 21.8. The van der Waals surface area contributed by atoms with Gasteiger partial charge in [-0.1, -0.05) is 48.5 Å². The molecule has 7 rings (SSSR count). The molecular weight excluding hydrogens is 644 g/mol. The molecule has 3 aromatic carbocycles. The number of fused-ring (bicyclic) bond motifs is 4. The summed E-state index contributed by atoms with van der Waals surface area (Å²) >= 11 is 0. The molecule has 0 spiro atoms. The van der Waals surface area contributed by atoms with Gasteiger partial charge in [0.15, 0.2) is 5.60 Å². The zero-order valence-corrected chi connectivity index (χ0v) is 29.1. The Balaban J connectivity index is 0.00000417. The highest BCUT2D eigenvalue weighted by Gasteiger charge is 2.44. The van der Waals surface area contributed by atoms with Gasteiger partial charge >= 0.3 is 6.09 Å². The predicted molar refractivity (Wildman–Crippen MR) is 190 cm³/mol. The summed E-state index contributed by atoms with van der Waals surface area (Å²) in [6.07, 6.45) is 2.45. The molecule has 3 amide bonds. The highest BCUT2D eigenvalue weighted by Crippen LogP contribution is 2.45. The van der Waals surface area contributed by atoms with Crippen LogP contribution in [0.1, 0.15) is 56.6 Å². The second-order valence-corrected chi connectivity index (χ2v) is 13.9. The molecule has 11 heteroatoms. The van der Waals surface area contributed by atoms with Gasteiger partial charge in [-0.05, 0) is 80.0 Å². The van der Waals surface area contributed by atoms with Gasteiger partial charge in [0.2, 0.25) is 5.91 Å². The molecule has 10 nitrogen and oxygen atoms in total. The number of nitrogens with zero attached hydrogens (tertiary/aromatic N) is 3. The first kappa shape index (κ1) is 34.7. The van der Waals surface area contributed by atoms with Crippen molar-refractivity contribution in [3.63, 3.8) is 0 Å². The Morgan fingerprint density at radius 1 is 1.00 bits per heavy atom. The zero-order chi connectivity index (χ0) is 33.6. The summed E-state index contributed by atoms with van der Waals surface area (Å²) in [7, 11) is 1.64. The first-order chi connectivity index (χ1) is 23.2. The van der Waals surface area contributed by atoms with E-state index in [1.807, 2.05) is 47.4 Å². The van der Waals surface area contributed by atoms with Crippen LogP contribution in [0.25, 0.3) is 11.1 Å². The Morgan fingerprint density at radius 3 is 2.33 bits per heavy atom. The summed E-state index contributed by atoms with van der Waals surface area (Å²) < 4.78 is 17.3. The van der Waals surface area contributed by atoms with Crippen LogP contribution in [0.4, 0.5) is 16.2 Å². The van der Waals surface area contributed by atoms with Crippen LogP contribution in [0.3, 0.4) is 0 Å². The molecule has 4 aliphatic rings. The lowest BCUT2D eigenvalue weighted by molar-refractivity contribution is -0.132. The smallest absolute Gasteiger partial charge is 0.409 e. The maximum Gasteiger partial charge on any atom is 0.409 e. The van der Waals surface area contributed by atoms with Crippen LogP contribution in [0.5, 0.6) is 5.75 Å². The van der Waals surface area contributed by atoms with Crippen molar-refractivity contribution in [1.82, 2.24) is 4.90 Å². The Labute approximate surface area is 293 Å². The van der Waals surface area contributed by atoms with E-state index < -0.39 is 17.6 Å². The van der Waals surface area contributed by atoms with Crippen molar-refractivity contribution in [2.24, 2.45) is 11.7 Å². The topological polar surface area (TPSA) is 115 Å². The van der Waals surface area contributed by atoms with E-state index >= 15 is 0 Å². The number of hydrogen-bond acceptors (Lipinski definition) is 7. The van der Waals surface area contributed by atoms with Crippen molar-refractivity contribution in [3.8, 4) is 16.9 Å². The number of rotatable bonds is 9. The molecule has 49 heavy (non-hydrogen) atoms. The number of nitrogens with two attached hydrogens (primary N) is 1. The number of benzene rings is 3. The van der Waals surface area contributed by atoms with E-state index in [-0.39, 0.29) is 55.4 Å². The van der Waals surface area contributed by atoms with Gasteiger partial charge in [0.05, 0.1) is 11.6 Å². The van der Waals surface area contributed by atoms with E-state index in [9.17, 15) is 14.4 Å². The van der Waals surface area contributed by atoms with Crippen LogP contribution >= 0.6 is 12.4 Å². The van der Waals surface area contributed by atoms with E-state index in [0.717, 1.165) is 24.0 Å². The van der Waals surface area contributed by atoms with Gasteiger partial charge in [-0.2, -0.15) is 0 Å². The summed E-state index contributed by atoms with van der Waals surface area (Å²) in [5.41, 5.74) is 11.5. The zero-order valence-electron chi connectivity index (χ0n) is 28.3. The van der Waals surface area contributed by atoms with Crippen molar-refractivity contribution in [3.05, 3.63) is 77.9 Å². The van der Waals surface area contributed by atoms with E-state index in [2.05, 4.69) is 24.3 Å². The van der Waals surface area contributed by atoms with Crippen LogP contribution in [0, 0.1) is 5.92 Å². The molecule has 2 fully saturated rings. The minimum atomic E-state index is -1.01. The quantitative estimate of drug-likeness (QED) is 0.285. The lowest BCUT2D eigenvalue weighted by Gasteiger charge is -2.40. The van der Waals surface area contributed by atoms with Crippen LogP contribution in [0.2, 0.25) is 0 Å². The number of halogens is 1. The van der Waals surface area contributed by atoms with Crippen LogP contribution in [0.15, 0.2) is 66.7 Å². The molecule has 2 atom stereocenters. The SMILES string of the molecule is COCCCN1C(=O)C(C)(C)Oc2ccc(N(C(=O)[C@@H]3C[C@H](N)CN(C(=O)OCC4c5ccccc5-c5ccccc54)C3)C3CC3)cc21.Cl. The fourth-order valence-corrected chi connectivity index (χ4v) is 7.49. The minimum absolute atomic E-state index is 0. The van der Waals surface area contributed by atoms with Gasteiger partial charge < -0.3 is 34.6 Å². The van der Waals surface area contributed by atoms with Gasteiger partial charge in [0.1, 0.15) is 12.4 Å². The number of piperidine rings is 1. The van der Waals surface area contributed by atoms with Crippen molar-refractivity contribution in [2.75, 3.05) is 49.8 Å². The molecule has 1 saturated carbocycles. The van der Waals surface area contributed by atoms with Gasteiger partial charge in [-0.15, -0.1) is 12.4 Å². The number of carbonyl (C=O) groups is 3. The van der Waals surface area contributed by atoms with Gasteiger partial charge in [-0.25, -0.2) is 4.79 Å². The normalized spacial score (nSPS) is 20.8. The van der Waals surface area contributed by atoms with Crippen molar-refractivity contribution in [1.29, 1.82) is 0 Å². The fourth-order valence-electron chi connectivity index (χ4n) is 7.49. The molecule has 0 bridgehead atoms. The first-order valence-corrected chi connectivity index (χ1v) is 17.0. The van der Waals surface area contributed by atoms with Gasteiger partial charge in [0, 0.05) is 57.0 Å². The predicted octanol–water partition coefficient (Wildman–Crippen LogP) is 5.74. The maximum atomic E-state index is 14.3. The summed E-state index contributed by atoms with van der Waals surface area (Å²) in [5, 5.41) is 0. The first-order valence-electron chi connectivity index (χ1n) is 17.0. The highest BCUT2D eigenvalue weighted by atomic mass is 35.5. The molecule has 0 aromatic heterocycles. The Hall–Kier alpha value is -4.12. The Kier molecular flexibility index (Phi) is 9.93. The molecular formula is C38H45ClN4O6. The molecule has 3 aromatic rings. The average molecular weight is 689 g/mol. The molecule has 1 saturated heterocycles. The number of amides is 3. The van der Waals surface area contributed by atoms with E-state index in [1.165, 1.54) is 11.1 Å². The number of anilines is 2. The highest BCUT2D eigenvalue weighted by molar-refractivity contribution is 6.04. The fraction of sp³-hybridized carbons (Fsp3) is 0.447. The lowest BCUT2D eigenvalue weighted by Crippen LogP contribution is -2.54. The standard InChI is InChI=1S/C38H44N4O6.ClH/c1-38(2)36(44)41(17-8-18-46-3)33-20-27(15-16-34(33)48-38)42(26-13-14-26)35(43)24-19-25(39)22-40(21-24)37(45)47-23-32-30-11-6-4-9-28(30)29-10-5-7-12-31(29)32;/h4-7,9-12,15-16,20,24-26,32H,8,13-14,17-19,21-23,39H2,1-3H3;1H/t24-,25+;/m1./s1. The number of ether oxygens (including phenoxy) is 3. The Bertz CT molecular complexity index is 1680. The van der Waals surface area contributed by atoms with Crippen molar-refractivity contribution in [2.45, 2.75) is 63.1 Å². The van der Waals surface area contributed by atoms with Crippen LogP contribution < -0.4 is 20.3 Å². The number of hydrogen-bond donors (Lipinski definition) is 1. The molecule has 0 unspecified atom stereocenters. The molecule has 2 aliphatic carbocycles. The van der Waals surface area contributed by atoms with Crippen LogP contribution in [-0.2, 0) is 19.1 Å². The number of carbonyl (C=O) groups excluding carboxylic acids is 3. The number of likely N-dealkylation sites (tertiary alicyclic amines) is 1. The maximum absolute atomic E-state index is 14.3. The van der Waals surface area contributed by atoms with Gasteiger partial charge in [0.25, 0.3) is 5.91 Å². The second-order valence-electron chi connectivity index (χ2n) is 13.9. The largest absolute Gasteiger partial charge is 0.476 e. The van der Waals surface area contributed by atoms with E-state index in [0.29, 0.717) is 49.7 Å². The summed E-state index contributed by atoms with van der Waals surface area (Å²) in [6.45, 7) is 5.30. The molecule has 2 aliphatic heterocycles. The summed E-state index contributed by atoms with van der Waals surface area (Å²) in [5.74, 6) is -0.143. The minimum Gasteiger partial charge on any atom is -0.476 e. The molecule has 260 valence electrons. The number of methoxy groups -OCH3 is 1. The average Bonchev–Trinajstić information content (AvgIpc) is 3.87. The molecule has 2 N–H and O–H groups in total. The second kappa shape index (κ2) is 14.0. The van der Waals surface area contributed by atoms with Crippen molar-refractivity contribution >= 4 is 41.7 Å². The summed E-state index contributed by atoms with van der Waals surface area (Å²) in [4.78, 5) is 46.5. The molecule has 0 radical (unpaired) electrons. The van der Waals surface area contributed by atoms with Crippen molar-refractivity contribution < 1.29 is 28.6 Å². The Morgan fingerprint density at radius 2 is 1.67 bits per heavy atom. The molecule has 2 heterocycles. The third-order valence-corrected chi connectivity index (χ3v) is 9.94. The van der Waals surface area contributed by atoms with E-state index in [1.54, 1.807) is 30.8 Å². The third kappa shape index (κ3) is 6.74. The third-order valence-electron chi connectivity index (χ3n) is 9.94. The lowest BCUT2D eigenvalue weighted by atomic mass is 9.93. The van der Waals surface area contributed by atoms with Gasteiger partial charge in [-0.3, -0.25) is 9.59 Å². The van der Waals surface area contributed by atoms with E-state index in [4.69, 9.17) is 19.9 Å².